The third-order valence-electron chi connectivity index (χ3n) is 6.43. The number of carbonyl (C=O) groups is 2. The zero-order valence-corrected chi connectivity index (χ0v) is 18.7. The van der Waals surface area contributed by atoms with Crippen LogP contribution in [-0.4, -0.2) is 47.9 Å². The Morgan fingerprint density at radius 3 is 2.58 bits per heavy atom. The number of carbonyl (C=O) groups excluding carboxylic acids is 2. The van der Waals surface area contributed by atoms with Gasteiger partial charge in [0.1, 0.15) is 0 Å². The average Bonchev–Trinajstić information content (AvgIpc) is 3.47. The monoisotopic (exact) mass is 440 g/mol. The fourth-order valence-corrected chi connectivity index (χ4v) is 4.61. The summed E-state index contributed by atoms with van der Waals surface area (Å²) < 4.78 is 0. The van der Waals surface area contributed by atoms with Crippen LogP contribution in [-0.2, 0) is 11.2 Å². The van der Waals surface area contributed by atoms with Crippen LogP contribution in [0.3, 0.4) is 0 Å². The molecule has 0 unspecified atom stereocenters. The molecule has 33 heavy (non-hydrogen) atoms. The zero-order valence-electron chi connectivity index (χ0n) is 18.7. The van der Waals surface area contributed by atoms with Crippen LogP contribution in [0.2, 0.25) is 0 Å². The molecule has 0 radical (unpaired) electrons. The Bertz CT molecular complexity index is 1140. The van der Waals surface area contributed by atoms with Crippen LogP contribution in [0.4, 0.5) is 11.4 Å². The molecule has 0 atom stereocenters. The molecular weight excluding hydrogens is 412 g/mol. The van der Waals surface area contributed by atoms with Gasteiger partial charge in [0, 0.05) is 61.3 Å². The molecule has 0 saturated carbocycles. The van der Waals surface area contributed by atoms with Gasteiger partial charge in [0.25, 0.3) is 5.91 Å². The minimum Gasteiger partial charge on any atom is -0.352 e. The Kier molecular flexibility index (Phi) is 6.07. The first kappa shape index (κ1) is 21.2. The largest absolute Gasteiger partial charge is 0.352 e. The maximum atomic E-state index is 12.5. The van der Waals surface area contributed by atoms with Crippen molar-refractivity contribution in [3.8, 4) is 11.3 Å². The van der Waals surface area contributed by atoms with E-state index in [1.807, 2.05) is 53.6 Å². The Hall–Kier alpha value is -3.67. The SMILES string of the molecule is O=C(NCCCN1CCCC1=O)c1ccc(N2CCc3cnc(-c4ccccc4)cc32)cc1. The van der Waals surface area contributed by atoms with E-state index in [1.165, 1.54) is 11.3 Å². The maximum absolute atomic E-state index is 12.5. The van der Waals surface area contributed by atoms with E-state index in [0.717, 1.165) is 49.3 Å². The molecule has 1 N–H and O–H groups in total. The molecule has 3 heterocycles. The summed E-state index contributed by atoms with van der Waals surface area (Å²) in [7, 11) is 0. The second-order valence-electron chi connectivity index (χ2n) is 8.61. The number of pyridine rings is 1. The van der Waals surface area contributed by atoms with Crippen molar-refractivity contribution in [3.63, 3.8) is 0 Å². The summed E-state index contributed by atoms with van der Waals surface area (Å²) in [5, 5.41) is 2.97. The van der Waals surface area contributed by atoms with Gasteiger partial charge in [-0.05, 0) is 55.2 Å². The second kappa shape index (κ2) is 9.45. The summed E-state index contributed by atoms with van der Waals surface area (Å²) in [6.07, 6.45) is 5.32. The van der Waals surface area contributed by atoms with Crippen molar-refractivity contribution in [2.45, 2.75) is 25.7 Å². The standard InChI is InChI=1S/C27H28N4O2/c32-26-8-4-15-30(26)16-5-14-28-27(33)21-9-11-23(12-10-21)31-17-13-22-19-29-24(18-25(22)31)20-6-2-1-3-7-20/h1-3,6-7,9-12,18-19H,4-5,8,13-17H2,(H,28,33). The topological polar surface area (TPSA) is 65.5 Å². The molecule has 1 fully saturated rings. The van der Waals surface area contributed by atoms with E-state index in [1.54, 1.807) is 0 Å². The first-order chi connectivity index (χ1) is 16.2. The number of benzene rings is 2. The summed E-state index contributed by atoms with van der Waals surface area (Å²) in [6.45, 7) is 3.03. The van der Waals surface area contributed by atoms with E-state index in [2.05, 4.69) is 33.4 Å². The lowest BCUT2D eigenvalue weighted by Gasteiger charge is -2.20. The van der Waals surface area contributed by atoms with Crippen molar-refractivity contribution in [1.82, 2.24) is 15.2 Å². The lowest BCUT2D eigenvalue weighted by Crippen LogP contribution is -2.30. The number of rotatable bonds is 7. The van der Waals surface area contributed by atoms with Crippen molar-refractivity contribution in [2.75, 3.05) is 31.1 Å². The highest BCUT2D eigenvalue weighted by atomic mass is 16.2. The van der Waals surface area contributed by atoms with Gasteiger partial charge in [0.05, 0.1) is 5.69 Å². The van der Waals surface area contributed by atoms with E-state index >= 15 is 0 Å². The fourth-order valence-electron chi connectivity index (χ4n) is 4.61. The molecule has 0 spiro atoms. The van der Waals surface area contributed by atoms with Gasteiger partial charge in [-0.3, -0.25) is 14.6 Å². The Balaban J connectivity index is 1.21. The number of fused-ring (bicyclic) bond motifs is 1. The van der Waals surface area contributed by atoms with Crippen LogP contribution in [0.1, 0.15) is 35.2 Å². The molecule has 2 aliphatic rings. The van der Waals surface area contributed by atoms with Gasteiger partial charge in [-0.25, -0.2) is 0 Å². The number of likely N-dealkylation sites (tertiary alicyclic amines) is 1. The zero-order chi connectivity index (χ0) is 22.6. The smallest absolute Gasteiger partial charge is 0.251 e. The number of hydrogen-bond donors (Lipinski definition) is 1. The summed E-state index contributed by atoms with van der Waals surface area (Å²) in [5.74, 6) is 0.152. The van der Waals surface area contributed by atoms with Crippen molar-refractivity contribution in [2.24, 2.45) is 0 Å². The van der Waals surface area contributed by atoms with Crippen LogP contribution >= 0.6 is 0 Å². The number of nitrogens with zero attached hydrogens (tertiary/aromatic N) is 3. The lowest BCUT2D eigenvalue weighted by atomic mass is 10.1. The Labute approximate surface area is 194 Å². The molecule has 2 aliphatic heterocycles. The number of amides is 2. The van der Waals surface area contributed by atoms with E-state index in [4.69, 9.17) is 0 Å². The molecule has 1 aromatic heterocycles. The van der Waals surface area contributed by atoms with Gasteiger partial charge >= 0.3 is 0 Å². The number of aromatic nitrogens is 1. The summed E-state index contributed by atoms with van der Waals surface area (Å²) in [5.41, 5.74) is 6.21. The molecule has 2 aromatic carbocycles. The predicted molar refractivity (Wildman–Crippen MR) is 130 cm³/mol. The highest BCUT2D eigenvalue weighted by Gasteiger charge is 2.22. The van der Waals surface area contributed by atoms with E-state index in [0.29, 0.717) is 25.1 Å². The predicted octanol–water partition coefficient (Wildman–Crippen LogP) is 4.19. The molecule has 6 heteroatoms. The molecule has 2 amide bonds. The van der Waals surface area contributed by atoms with Gasteiger partial charge in [-0.1, -0.05) is 30.3 Å². The van der Waals surface area contributed by atoms with E-state index in [-0.39, 0.29) is 11.8 Å². The third-order valence-corrected chi connectivity index (χ3v) is 6.43. The maximum Gasteiger partial charge on any atom is 0.251 e. The van der Waals surface area contributed by atoms with Crippen LogP contribution < -0.4 is 10.2 Å². The molecule has 5 rings (SSSR count). The summed E-state index contributed by atoms with van der Waals surface area (Å²) >= 11 is 0. The third kappa shape index (κ3) is 4.60. The molecular formula is C27H28N4O2. The van der Waals surface area contributed by atoms with Crippen LogP contribution in [0.15, 0.2) is 66.9 Å². The molecule has 3 aromatic rings. The second-order valence-corrected chi connectivity index (χ2v) is 8.61. The van der Waals surface area contributed by atoms with Gasteiger partial charge in [0.15, 0.2) is 0 Å². The number of hydrogen-bond acceptors (Lipinski definition) is 4. The van der Waals surface area contributed by atoms with Gasteiger partial charge in [-0.2, -0.15) is 0 Å². The highest BCUT2D eigenvalue weighted by Crippen LogP contribution is 2.36. The normalized spacial score (nSPS) is 15.1. The molecule has 168 valence electrons. The first-order valence-electron chi connectivity index (χ1n) is 11.7. The van der Waals surface area contributed by atoms with Crippen molar-refractivity contribution < 1.29 is 9.59 Å². The van der Waals surface area contributed by atoms with Crippen molar-refractivity contribution >= 4 is 23.2 Å². The molecule has 0 aliphatic carbocycles. The molecule has 0 bridgehead atoms. The van der Waals surface area contributed by atoms with Gasteiger partial charge in [-0.15, -0.1) is 0 Å². The minimum absolute atomic E-state index is 0.0771. The quantitative estimate of drug-likeness (QED) is 0.560. The first-order valence-corrected chi connectivity index (χ1v) is 11.7. The van der Waals surface area contributed by atoms with Crippen LogP contribution in [0.25, 0.3) is 11.3 Å². The average molecular weight is 441 g/mol. The Morgan fingerprint density at radius 1 is 1.00 bits per heavy atom. The summed E-state index contributed by atoms with van der Waals surface area (Å²) in [6, 6.07) is 20.1. The minimum atomic E-state index is -0.0771. The number of anilines is 2. The van der Waals surface area contributed by atoms with Gasteiger partial charge < -0.3 is 15.1 Å². The van der Waals surface area contributed by atoms with Crippen LogP contribution in [0, 0.1) is 0 Å². The van der Waals surface area contributed by atoms with E-state index < -0.39 is 0 Å². The van der Waals surface area contributed by atoms with E-state index in [9.17, 15) is 9.59 Å². The lowest BCUT2D eigenvalue weighted by molar-refractivity contribution is -0.127. The highest BCUT2D eigenvalue weighted by molar-refractivity contribution is 5.94. The number of nitrogens with one attached hydrogen (secondary N) is 1. The van der Waals surface area contributed by atoms with Crippen molar-refractivity contribution in [1.29, 1.82) is 0 Å². The Morgan fingerprint density at radius 2 is 1.82 bits per heavy atom. The fraction of sp³-hybridized carbons (Fsp3) is 0.296. The molecule has 1 saturated heterocycles. The molecule has 6 nitrogen and oxygen atoms in total. The van der Waals surface area contributed by atoms with Crippen LogP contribution in [0.5, 0.6) is 0 Å². The summed E-state index contributed by atoms with van der Waals surface area (Å²) in [4.78, 5) is 33.0. The van der Waals surface area contributed by atoms with Gasteiger partial charge in [0.2, 0.25) is 5.91 Å². The van der Waals surface area contributed by atoms with Crippen molar-refractivity contribution in [3.05, 3.63) is 78.0 Å².